The van der Waals surface area contributed by atoms with Crippen LogP contribution in [-0.2, 0) is 17.4 Å². The number of benzene rings is 2. The molecule has 3 atom stereocenters. The molecule has 2 aromatic rings. The molecule has 2 aromatic carbocycles. The molecule has 1 saturated heterocycles. The van der Waals surface area contributed by atoms with E-state index in [4.69, 9.17) is 15.0 Å². The number of ether oxygens (including phenoxy) is 1. The Labute approximate surface area is 253 Å². The van der Waals surface area contributed by atoms with Crippen molar-refractivity contribution in [3.05, 3.63) is 53.1 Å². The van der Waals surface area contributed by atoms with Crippen LogP contribution < -0.4 is 20.5 Å². The molecular weight excluding hydrogens is 581 g/mol. The number of likely N-dealkylation sites (tertiary alicyclic amines) is 1. The Morgan fingerprint density at radius 2 is 1.95 bits per heavy atom. The number of halogens is 3. The van der Waals surface area contributed by atoms with Gasteiger partial charge in [-0.25, -0.2) is 9.35 Å². The Hall–Kier alpha value is -3.08. The molecule has 0 spiro atoms. The van der Waals surface area contributed by atoms with E-state index in [0.29, 0.717) is 41.3 Å². The Bertz CT molecular complexity index is 1370. The highest BCUT2D eigenvalue weighted by atomic mass is 32.2. The number of methoxy groups -OCH3 is 1. The molecule has 43 heavy (non-hydrogen) atoms. The van der Waals surface area contributed by atoms with E-state index in [9.17, 15) is 22.5 Å². The average molecular weight is 621 g/mol. The molecule has 1 aliphatic carbocycles. The quantitative estimate of drug-likeness (QED) is 0.256. The van der Waals surface area contributed by atoms with Gasteiger partial charge in [-0.3, -0.25) is 0 Å². The maximum atomic E-state index is 13.6. The highest BCUT2D eigenvalue weighted by Gasteiger charge is 2.34. The largest absolute Gasteiger partial charge is 0.495 e. The highest BCUT2D eigenvalue weighted by Crippen LogP contribution is 2.38. The van der Waals surface area contributed by atoms with E-state index < -0.39 is 35.6 Å². The molecule has 0 amide bonds. The molecule has 8 nitrogen and oxygen atoms in total. The molecule has 0 radical (unpaired) electrons. The predicted octanol–water partition coefficient (Wildman–Crippen LogP) is 3.92. The van der Waals surface area contributed by atoms with Crippen LogP contribution in [-0.4, -0.2) is 77.5 Å². The van der Waals surface area contributed by atoms with E-state index in [-0.39, 0.29) is 19.2 Å². The molecule has 6 N–H and O–H groups in total. The fraction of sp³-hybridized carbons (Fsp3) is 0.484. The predicted molar refractivity (Wildman–Crippen MR) is 163 cm³/mol. The number of hydrogen-bond acceptors (Lipinski definition) is 7. The first kappa shape index (κ1) is 32.8. The molecule has 2 unspecified atom stereocenters. The standard InChI is InChI=1S/C31H39F3N4O4S/c1-42-30-17-26(43(35)41)9-10-29(30)36-13-3-5-22-16-27-21(7-8-23(22)18-31(32,33)34)4-2-6-28(27)37-24-11-14-38(15-12-24)19-25(40)20-39/h2,4,6,9-10,16-17,23-25,36-37,39-40H,7-8,11-15,18-20,35H2,1H3/t23?,25-,43?/m0/s1. The second kappa shape index (κ2) is 15.1. The minimum atomic E-state index is -4.32. The van der Waals surface area contributed by atoms with E-state index >= 15 is 0 Å². The van der Waals surface area contributed by atoms with E-state index in [2.05, 4.69) is 27.4 Å². The lowest BCUT2D eigenvalue weighted by Crippen LogP contribution is -2.43. The van der Waals surface area contributed by atoms with Crippen molar-refractivity contribution in [3.8, 4) is 17.6 Å². The van der Waals surface area contributed by atoms with Gasteiger partial charge in [-0.2, -0.15) is 13.2 Å². The lowest BCUT2D eigenvalue weighted by Gasteiger charge is -2.34. The number of aliphatic hydroxyl groups excluding tert-OH is 2. The van der Waals surface area contributed by atoms with Crippen LogP contribution in [0.4, 0.5) is 24.5 Å². The van der Waals surface area contributed by atoms with Gasteiger partial charge >= 0.3 is 6.18 Å². The van der Waals surface area contributed by atoms with E-state index in [1.54, 1.807) is 18.2 Å². The van der Waals surface area contributed by atoms with Crippen molar-refractivity contribution in [2.24, 2.45) is 11.1 Å². The van der Waals surface area contributed by atoms with Crippen molar-refractivity contribution >= 4 is 28.4 Å². The monoisotopic (exact) mass is 620 g/mol. The smallest absolute Gasteiger partial charge is 0.389 e. The van der Waals surface area contributed by atoms with Crippen LogP contribution in [0.5, 0.6) is 5.75 Å². The van der Waals surface area contributed by atoms with E-state index in [0.717, 1.165) is 42.7 Å². The topological polar surface area (TPSA) is 120 Å². The normalized spacial score (nSPS) is 19.2. The van der Waals surface area contributed by atoms with Gasteiger partial charge in [0, 0.05) is 48.4 Å². The summed E-state index contributed by atoms with van der Waals surface area (Å²) in [6, 6.07) is 10.9. The van der Waals surface area contributed by atoms with Crippen molar-refractivity contribution < 1.29 is 32.3 Å². The van der Waals surface area contributed by atoms with Gasteiger partial charge in [0.15, 0.2) is 0 Å². The number of aryl methyl sites for hydroxylation is 1. The number of β-amino-alcohol motifs (C(OH)–C–C–N with tert-alkyl or cyclic N) is 1. The molecule has 1 fully saturated rings. The first-order valence-electron chi connectivity index (χ1n) is 14.3. The summed E-state index contributed by atoms with van der Waals surface area (Å²) in [5.74, 6) is 5.70. The maximum absolute atomic E-state index is 13.6. The third-order valence-corrected chi connectivity index (χ3v) is 8.53. The molecule has 0 bridgehead atoms. The van der Waals surface area contributed by atoms with Crippen molar-refractivity contribution in [2.75, 3.05) is 50.5 Å². The molecule has 2 aliphatic rings. The van der Waals surface area contributed by atoms with Crippen LogP contribution in [0.1, 0.15) is 36.8 Å². The van der Waals surface area contributed by atoms with Gasteiger partial charge in [0.05, 0.1) is 43.4 Å². The van der Waals surface area contributed by atoms with Crippen LogP contribution in [0.3, 0.4) is 0 Å². The number of piperidine rings is 1. The fourth-order valence-electron chi connectivity index (χ4n) is 5.58. The zero-order valence-electron chi connectivity index (χ0n) is 24.1. The zero-order valence-corrected chi connectivity index (χ0v) is 24.9. The van der Waals surface area contributed by atoms with Crippen molar-refractivity contribution in [3.63, 3.8) is 0 Å². The Morgan fingerprint density at radius 1 is 1.19 bits per heavy atom. The molecule has 0 aromatic heterocycles. The van der Waals surface area contributed by atoms with Crippen LogP contribution >= 0.6 is 0 Å². The molecule has 1 aliphatic heterocycles. The van der Waals surface area contributed by atoms with E-state index in [1.807, 2.05) is 24.3 Å². The highest BCUT2D eigenvalue weighted by molar-refractivity contribution is 7.82. The lowest BCUT2D eigenvalue weighted by atomic mass is 9.91. The van der Waals surface area contributed by atoms with Crippen molar-refractivity contribution in [1.82, 2.24) is 4.90 Å². The Morgan fingerprint density at radius 3 is 2.63 bits per heavy atom. The molecule has 4 rings (SSSR count). The third kappa shape index (κ3) is 9.45. The summed E-state index contributed by atoms with van der Waals surface area (Å²) in [4.78, 5) is 2.53. The van der Waals surface area contributed by atoms with Gasteiger partial charge in [-0.05, 0) is 61.6 Å². The minimum Gasteiger partial charge on any atom is -0.495 e. The molecule has 12 heteroatoms. The summed E-state index contributed by atoms with van der Waals surface area (Å²) in [6.07, 6.45) is -1.69. The van der Waals surface area contributed by atoms with Crippen LogP contribution in [0, 0.1) is 17.8 Å². The van der Waals surface area contributed by atoms with Gasteiger partial charge in [-0.1, -0.05) is 24.0 Å². The minimum absolute atomic E-state index is 0.161. The van der Waals surface area contributed by atoms with Crippen LogP contribution in [0.2, 0.25) is 0 Å². The molecule has 0 saturated carbocycles. The van der Waals surface area contributed by atoms with E-state index in [1.165, 1.54) is 7.11 Å². The Balaban J connectivity index is 1.53. The van der Waals surface area contributed by atoms with Gasteiger partial charge < -0.3 is 30.5 Å². The second-order valence-electron chi connectivity index (χ2n) is 10.9. The Kier molecular flexibility index (Phi) is 11.5. The van der Waals surface area contributed by atoms with Gasteiger partial charge in [0.25, 0.3) is 0 Å². The number of nitrogens with two attached hydrogens (primary N) is 1. The number of anilines is 2. The number of nitrogens with one attached hydrogen (secondary N) is 2. The van der Waals surface area contributed by atoms with Gasteiger partial charge in [-0.15, -0.1) is 0 Å². The third-order valence-electron chi connectivity index (χ3n) is 7.81. The number of aliphatic hydroxyl groups is 2. The average Bonchev–Trinajstić information content (AvgIpc) is 3.15. The van der Waals surface area contributed by atoms with Crippen molar-refractivity contribution in [2.45, 2.75) is 55.3 Å². The summed E-state index contributed by atoms with van der Waals surface area (Å²) in [5, 5.41) is 31.1. The maximum Gasteiger partial charge on any atom is 0.389 e. The number of rotatable bonds is 10. The summed E-state index contributed by atoms with van der Waals surface area (Å²) in [6.45, 7) is 1.87. The summed E-state index contributed by atoms with van der Waals surface area (Å²) < 4.78 is 57.7. The lowest BCUT2D eigenvalue weighted by molar-refractivity contribution is -0.141. The van der Waals surface area contributed by atoms with Crippen LogP contribution in [0.15, 0.2) is 46.9 Å². The molecule has 1 heterocycles. The molecular formula is C31H39F3N4O4S. The number of nitrogens with zero attached hydrogens (tertiary/aromatic N) is 1. The summed E-state index contributed by atoms with van der Waals surface area (Å²) in [5.41, 5.74) is 3.77. The molecule has 234 valence electrons. The summed E-state index contributed by atoms with van der Waals surface area (Å²) in [7, 11) is -0.187. The number of allylic oxidation sites excluding steroid dienone is 1. The first-order chi connectivity index (χ1) is 20.6. The fourth-order valence-corrected chi connectivity index (χ4v) is 6.00. The number of fused-ring (bicyclic) bond motifs is 1. The van der Waals surface area contributed by atoms with Crippen molar-refractivity contribution in [1.29, 1.82) is 0 Å². The number of alkyl halides is 3. The van der Waals surface area contributed by atoms with Crippen LogP contribution in [0.25, 0.3) is 6.08 Å². The second-order valence-corrected chi connectivity index (χ2v) is 12.0. The zero-order chi connectivity index (χ0) is 31.0. The van der Waals surface area contributed by atoms with Gasteiger partial charge in [0.2, 0.25) is 0 Å². The first-order valence-corrected chi connectivity index (χ1v) is 15.5. The SMILES string of the molecule is COc1cc(S(N)=O)ccc1NCC#CC1=Cc2c(cccc2NC2CCN(C[C@H](O)CO)CC2)CCC1CC(F)(F)F. The summed E-state index contributed by atoms with van der Waals surface area (Å²) >= 11 is 0. The number of hydrogen-bond donors (Lipinski definition) is 5. The van der Waals surface area contributed by atoms with Gasteiger partial charge in [0.1, 0.15) is 16.7 Å².